The van der Waals surface area contributed by atoms with Crippen molar-refractivity contribution >= 4 is 12.0 Å². The quantitative estimate of drug-likeness (QED) is 0.788. The summed E-state index contributed by atoms with van der Waals surface area (Å²) in [5.74, 6) is 0.594. The minimum atomic E-state index is -4.74. The molecule has 1 N–H and O–H groups in total. The van der Waals surface area contributed by atoms with Crippen LogP contribution in [0.4, 0.5) is 23.9 Å². The summed E-state index contributed by atoms with van der Waals surface area (Å²) in [5.41, 5.74) is -1.29. The highest BCUT2D eigenvalue weighted by molar-refractivity contribution is 5.68. The topological polar surface area (TPSA) is 91.4 Å². The molecule has 1 amide bonds. The summed E-state index contributed by atoms with van der Waals surface area (Å²) in [6.45, 7) is 6.55. The zero-order valence-electron chi connectivity index (χ0n) is 17.4. The van der Waals surface area contributed by atoms with Crippen LogP contribution in [-0.2, 0) is 17.3 Å². The van der Waals surface area contributed by atoms with E-state index in [-0.39, 0.29) is 30.7 Å². The van der Waals surface area contributed by atoms with Crippen molar-refractivity contribution in [3.63, 3.8) is 0 Å². The van der Waals surface area contributed by atoms with Gasteiger partial charge in [0.05, 0.1) is 6.61 Å². The molecule has 168 valence electrons. The predicted molar refractivity (Wildman–Crippen MR) is 107 cm³/mol. The van der Waals surface area contributed by atoms with Crippen molar-refractivity contribution in [3.8, 4) is 0 Å². The Hall–Kier alpha value is -3.11. The average Bonchev–Trinajstić information content (AvgIpc) is 2.70. The SMILES string of the molecule is Cc1cnc(N2C[C@@H](C)N(C(=O)OCCc3c[nH]c(=O)c(C(F)(F)F)c3)C[C@@H]2C)nc1. The summed E-state index contributed by atoms with van der Waals surface area (Å²) >= 11 is 0. The van der Waals surface area contributed by atoms with Crippen molar-refractivity contribution in [2.75, 3.05) is 24.6 Å². The molecule has 1 saturated heterocycles. The van der Waals surface area contributed by atoms with E-state index < -0.39 is 23.4 Å². The number of aromatic nitrogens is 3. The molecular weight excluding hydrogens is 415 g/mol. The first kappa shape index (κ1) is 22.6. The Morgan fingerprint density at radius 2 is 1.90 bits per heavy atom. The molecule has 0 saturated carbocycles. The van der Waals surface area contributed by atoms with Gasteiger partial charge in [-0.05, 0) is 38.0 Å². The molecule has 0 aromatic carbocycles. The number of rotatable bonds is 4. The lowest BCUT2D eigenvalue weighted by molar-refractivity contribution is -0.138. The number of aromatic amines is 1. The van der Waals surface area contributed by atoms with Crippen molar-refractivity contribution in [3.05, 3.63) is 51.7 Å². The number of nitrogens with one attached hydrogen (secondary N) is 1. The number of carbonyl (C=O) groups is 1. The summed E-state index contributed by atoms with van der Waals surface area (Å²) < 4.78 is 43.8. The van der Waals surface area contributed by atoms with Crippen LogP contribution in [0.25, 0.3) is 0 Å². The number of amides is 1. The Morgan fingerprint density at radius 3 is 2.55 bits per heavy atom. The first-order valence-corrected chi connectivity index (χ1v) is 9.83. The summed E-state index contributed by atoms with van der Waals surface area (Å²) in [7, 11) is 0. The van der Waals surface area contributed by atoms with Crippen molar-refractivity contribution in [1.82, 2.24) is 19.9 Å². The number of piperazine rings is 1. The molecule has 11 heteroatoms. The van der Waals surface area contributed by atoms with Crippen LogP contribution in [0.2, 0.25) is 0 Å². The van der Waals surface area contributed by atoms with Gasteiger partial charge in [-0.25, -0.2) is 14.8 Å². The molecule has 0 bridgehead atoms. The fourth-order valence-electron chi connectivity index (χ4n) is 3.42. The van der Waals surface area contributed by atoms with Gasteiger partial charge in [0.15, 0.2) is 0 Å². The maximum absolute atomic E-state index is 12.9. The number of nitrogens with zero attached hydrogens (tertiary/aromatic N) is 4. The van der Waals surface area contributed by atoms with Gasteiger partial charge in [-0.2, -0.15) is 13.2 Å². The van der Waals surface area contributed by atoms with E-state index in [1.54, 1.807) is 17.3 Å². The van der Waals surface area contributed by atoms with Crippen LogP contribution in [0, 0.1) is 6.92 Å². The molecule has 1 aliphatic heterocycles. The largest absolute Gasteiger partial charge is 0.449 e. The van der Waals surface area contributed by atoms with Crippen LogP contribution in [-0.4, -0.2) is 57.7 Å². The molecule has 8 nitrogen and oxygen atoms in total. The van der Waals surface area contributed by atoms with Crippen LogP contribution in [0.5, 0.6) is 0 Å². The minimum Gasteiger partial charge on any atom is -0.449 e. The molecular formula is C20H24F3N5O3. The maximum Gasteiger partial charge on any atom is 0.421 e. The Kier molecular flexibility index (Phi) is 6.51. The van der Waals surface area contributed by atoms with Gasteiger partial charge in [-0.3, -0.25) is 4.79 Å². The van der Waals surface area contributed by atoms with Gasteiger partial charge in [0, 0.05) is 50.2 Å². The average molecular weight is 439 g/mol. The molecule has 0 aliphatic carbocycles. The second kappa shape index (κ2) is 8.94. The molecule has 3 heterocycles. The van der Waals surface area contributed by atoms with Gasteiger partial charge in [0.1, 0.15) is 5.56 Å². The lowest BCUT2D eigenvalue weighted by atomic mass is 10.1. The lowest BCUT2D eigenvalue weighted by Gasteiger charge is -2.43. The minimum absolute atomic E-state index is 0.0417. The van der Waals surface area contributed by atoms with Gasteiger partial charge in [0.2, 0.25) is 5.95 Å². The van der Waals surface area contributed by atoms with Crippen LogP contribution in [0.3, 0.4) is 0 Å². The van der Waals surface area contributed by atoms with E-state index in [2.05, 4.69) is 15.0 Å². The highest BCUT2D eigenvalue weighted by atomic mass is 19.4. The van der Waals surface area contributed by atoms with E-state index in [0.29, 0.717) is 19.0 Å². The van der Waals surface area contributed by atoms with Gasteiger partial charge >= 0.3 is 12.3 Å². The second-order valence-corrected chi connectivity index (χ2v) is 7.68. The number of hydrogen-bond acceptors (Lipinski definition) is 6. The predicted octanol–water partition coefficient (Wildman–Crippen LogP) is 2.77. The van der Waals surface area contributed by atoms with Gasteiger partial charge in [0.25, 0.3) is 5.56 Å². The molecule has 31 heavy (non-hydrogen) atoms. The molecule has 1 fully saturated rings. The van der Waals surface area contributed by atoms with Crippen molar-refractivity contribution < 1.29 is 22.7 Å². The van der Waals surface area contributed by atoms with Crippen molar-refractivity contribution in [2.45, 2.75) is 45.5 Å². The molecule has 3 rings (SSSR count). The number of hydrogen-bond donors (Lipinski definition) is 1. The highest BCUT2D eigenvalue weighted by Crippen LogP contribution is 2.26. The first-order valence-electron chi connectivity index (χ1n) is 9.83. The Labute approximate surface area is 177 Å². The van der Waals surface area contributed by atoms with Crippen LogP contribution in [0.1, 0.15) is 30.5 Å². The van der Waals surface area contributed by atoms with E-state index in [1.165, 1.54) is 6.20 Å². The number of alkyl halides is 3. The fourth-order valence-corrected chi connectivity index (χ4v) is 3.42. The Bertz CT molecular complexity index is 977. The first-order chi connectivity index (χ1) is 14.6. The fraction of sp³-hybridized carbons (Fsp3) is 0.500. The molecule has 0 spiro atoms. The number of ether oxygens (including phenoxy) is 1. The summed E-state index contributed by atoms with van der Waals surface area (Å²) in [6.07, 6.45) is -0.567. The zero-order chi connectivity index (χ0) is 22.8. The number of carbonyl (C=O) groups excluding carboxylic acids is 1. The third-order valence-corrected chi connectivity index (χ3v) is 5.13. The number of pyridine rings is 1. The van der Waals surface area contributed by atoms with Crippen molar-refractivity contribution in [1.29, 1.82) is 0 Å². The Morgan fingerprint density at radius 1 is 1.23 bits per heavy atom. The standard InChI is InChI=1S/C20H24F3N5O3/c1-12-7-25-18(26-8-12)27-10-14(3)28(11-13(27)2)19(30)31-5-4-15-6-16(20(21,22)23)17(29)24-9-15/h6-9,13-14H,4-5,10-11H2,1-3H3,(H,24,29)/t13-,14+/m0/s1. The van der Waals surface area contributed by atoms with Crippen LogP contribution < -0.4 is 10.5 Å². The highest BCUT2D eigenvalue weighted by Gasteiger charge is 2.35. The number of anilines is 1. The molecule has 1 aliphatic rings. The Balaban J connectivity index is 1.57. The lowest BCUT2D eigenvalue weighted by Crippen LogP contribution is -2.58. The van der Waals surface area contributed by atoms with Crippen molar-refractivity contribution in [2.24, 2.45) is 0 Å². The number of aryl methyl sites for hydroxylation is 1. The van der Waals surface area contributed by atoms with E-state index in [0.717, 1.165) is 11.6 Å². The summed E-state index contributed by atoms with van der Waals surface area (Å²) in [5, 5.41) is 0. The summed E-state index contributed by atoms with van der Waals surface area (Å²) in [6, 6.07) is 0.566. The van der Waals surface area contributed by atoms with E-state index in [1.807, 2.05) is 25.7 Å². The third kappa shape index (κ3) is 5.33. The molecule has 0 radical (unpaired) electrons. The smallest absolute Gasteiger partial charge is 0.421 e. The monoisotopic (exact) mass is 439 g/mol. The number of H-pyrrole nitrogens is 1. The van der Waals surface area contributed by atoms with Gasteiger partial charge in [-0.1, -0.05) is 0 Å². The van der Waals surface area contributed by atoms with Gasteiger partial charge < -0.3 is 19.5 Å². The van der Waals surface area contributed by atoms with E-state index in [9.17, 15) is 22.8 Å². The molecule has 2 aromatic heterocycles. The second-order valence-electron chi connectivity index (χ2n) is 7.68. The summed E-state index contributed by atoms with van der Waals surface area (Å²) in [4.78, 5) is 38.2. The van der Waals surface area contributed by atoms with E-state index >= 15 is 0 Å². The number of halogens is 3. The van der Waals surface area contributed by atoms with Gasteiger partial charge in [-0.15, -0.1) is 0 Å². The zero-order valence-corrected chi connectivity index (χ0v) is 17.4. The van der Waals surface area contributed by atoms with Crippen LogP contribution >= 0.6 is 0 Å². The normalized spacial score (nSPS) is 19.4. The van der Waals surface area contributed by atoms with E-state index in [4.69, 9.17) is 4.74 Å². The molecule has 2 aromatic rings. The molecule has 0 unspecified atom stereocenters. The molecule has 2 atom stereocenters. The van der Waals surface area contributed by atoms with Crippen LogP contribution in [0.15, 0.2) is 29.5 Å². The third-order valence-electron chi connectivity index (χ3n) is 5.13. The maximum atomic E-state index is 12.9.